The Kier molecular flexibility index (Phi) is 4.97. The summed E-state index contributed by atoms with van der Waals surface area (Å²) in [7, 11) is 0. The lowest BCUT2D eigenvalue weighted by Gasteiger charge is -2.12. The summed E-state index contributed by atoms with van der Waals surface area (Å²) < 4.78 is 55.5. The van der Waals surface area contributed by atoms with Crippen LogP contribution in [0.15, 0.2) is 72.1 Å². The number of nitrogens with zero attached hydrogens (tertiary/aromatic N) is 1. The summed E-state index contributed by atoms with van der Waals surface area (Å²) >= 11 is 1.57. The van der Waals surface area contributed by atoms with Gasteiger partial charge in [0.15, 0.2) is 0 Å². The fourth-order valence-corrected chi connectivity index (χ4v) is 4.91. The zero-order valence-electron chi connectivity index (χ0n) is 17.0. The number of rotatable bonds is 4. The molecule has 0 saturated heterocycles. The van der Waals surface area contributed by atoms with Gasteiger partial charge in [-0.05, 0) is 52.9 Å². The number of alkyl halides is 3. The molecule has 3 aromatic carbocycles. The quantitative estimate of drug-likeness (QED) is 0.289. The highest BCUT2D eigenvalue weighted by molar-refractivity contribution is 7.13. The summed E-state index contributed by atoms with van der Waals surface area (Å²) in [5, 5.41) is 3.35. The molecule has 0 aliphatic rings. The van der Waals surface area contributed by atoms with E-state index in [1.807, 2.05) is 40.3 Å². The van der Waals surface area contributed by atoms with Crippen molar-refractivity contribution in [3.8, 4) is 10.4 Å². The SMILES string of the molecule is NC(=O)c1cccc2c1c1ccc(-c3cccs3)cc1n2Cc1ccc(F)c(C(F)(F)F)c1. The molecular formula is C25H16F4N2OS. The Morgan fingerprint density at radius 3 is 2.48 bits per heavy atom. The Bertz CT molecular complexity index is 1520. The van der Waals surface area contributed by atoms with Crippen LogP contribution in [0.3, 0.4) is 0 Å². The Morgan fingerprint density at radius 2 is 1.79 bits per heavy atom. The van der Waals surface area contributed by atoms with Crippen molar-refractivity contribution in [3.05, 3.63) is 94.6 Å². The number of hydrogen-bond donors (Lipinski definition) is 1. The Morgan fingerprint density at radius 1 is 0.970 bits per heavy atom. The largest absolute Gasteiger partial charge is 0.419 e. The highest BCUT2D eigenvalue weighted by atomic mass is 32.1. The summed E-state index contributed by atoms with van der Waals surface area (Å²) in [6.45, 7) is 0.0550. The van der Waals surface area contributed by atoms with Gasteiger partial charge in [0.05, 0.1) is 16.6 Å². The maximum absolute atomic E-state index is 13.8. The van der Waals surface area contributed by atoms with Crippen LogP contribution >= 0.6 is 11.3 Å². The van der Waals surface area contributed by atoms with Crippen molar-refractivity contribution >= 4 is 39.0 Å². The summed E-state index contributed by atoms with van der Waals surface area (Å²) in [6, 6.07) is 17.8. The predicted octanol–water partition coefficient (Wildman–Crippen LogP) is 6.83. The highest BCUT2D eigenvalue weighted by Gasteiger charge is 2.34. The van der Waals surface area contributed by atoms with Crippen molar-refractivity contribution < 1.29 is 22.4 Å². The molecule has 33 heavy (non-hydrogen) atoms. The number of primary amides is 1. The molecule has 0 radical (unpaired) electrons. The van der Waals surface area contributed by atoms with Gasteiger partial charge in [0, 0.05) is 27.8 Å². The number of carbonyl (C=O) groups is 1. The lowest BCUT2D eigenvalue weighted by molar-refractivity contribution is -0.140. The van der Waals surface area contributed by atoms with Crippen LogP contribution in [0.25, 0.3) is 32.2 Å². The van der Waals surface area contributed by atoms with Crippen molar-refractivity contribution in [3.63, 3.8) is 0 Å². The number of carbonyl (C=O) groups excluding carboxylic acids is 1. The van der Waals surface area contributed by atoms with E-state index < -0.39 is 23.5 Å². The number of nitrogens with two attached hydrogens (primary N) is 1. The molecule has 2 N–H and O–H groups in total. The maximum Gasteiger partial charge on any atom is 0.419 e. The summed E-state index contributed by atoms with van der Waals surface area (Å²) in [5.41, 5.74) is 7.25. The summed E-state index contributed by atoms with van der Waals surface area (Å²) in [6.07, 6.45) is -4.80. The van der Waals surface area contributed by atoms with E-state index in [0.29, 0.717) is 16.5 Å². The molecule has 5 aromatic rings. The number of benzene rings is 3. The van der Waals surface area contributed by atoms with Crippen molar-refractivity contribution in [1.82, 2.24) is 4.57 Å². The van der Waals surface area contributed by atoms with Crippen molar-refractivity contribution in [2.45, 2.75) is 12.7 Å². The topological polar surface area (TPSA) is 48.0 Å². The lowest BCUT2D eigenvalue weighted by Crippen LogP contribution is -2.11. The molecular weight excluding hydrogens is 452 g/mol. The van der Waals surface area contributed by atoms with E-state index in [1.165, 1.54) is 6.07 Å². The van der Waals surface area contributed by atoms with Gasteiger partial charge in [0.2, 0.25) is 5.91 Å². The smallest absolute Gasteiger partial charge is 0.366 e. The zero-order chi connectivity index (χ0) is 23.3. The zero-order valence-corrected chi connectivity index (χ0v) is 17.8. The molecule has 8 heteroatoms. The first-order chi connectivity index (χ1) is 15.7. The number of amides is 1. The van der Waals surface area contributed by atoms with Gasteiger partial charge in [0.25, 0.3) is 0 Å². The summed E-state index contributed by atoms with van der Waals surface area (Å²) in [4.78, 5) is 13.2. The normalized spacial score (nSPS) is 12.0. The van der Waals surface area contributed by atoms with Crippen molar-refractivity contribution in [1.29, 1.82) is 0 Å². The Hall–Kier alpha value is -3.65. The highest BCUT2D eigenvalue weighted by Crippen LogP contribution is 2.37. The molecule has 0 unspecified atom stereocenters. The molecule has 0 bridgehead atoms. The number of aromatic nitrogens is 1. The molecule has 3 nitrogen and oxygen atoms in total. The van der Waals surface area contributed by atoms with E-state index in [-0.39, 0.29) is 12.1 Å². The second-order valence-corrected chi connectivity index (χ2v) is 8.62. The van der Waals surface area contributed by atoms with Crippen LogP contribution in [0.5, 0.6) is 0 Å². The van der Waals surface area contributed by atoms with Gasteiger partial charge in [-0.15, -0.1) is 11.3 Å². The molecule has 1 amide bonds. The molecule has 0 aliphatic heterocycles. The molecule has 166 valence electrons. The van der Waals surface area contributed by atoms with Gasteiger partial charge in [-0.1, -0.05) is 30.3 Å². The van der Waals surface area contributed by atoms with Crippen molar-refractivity contribution in [2.24, 2.45) is 5.73 Å². The predicted molar refractivity (Wildman–Crippen MR) is 122 cm³/mol. The lowest BCUT2D eigenvalue weighted by atomic mass is 10.0. The Balaban J connectivity index is 1.77. The van der Waals surface area contributed by atoms with Crippen LogP contribution in [0.2, 0.25) is 0 Å². The summed E-state index contributed by atoms with van der Waals surface area (Å²) in [5.74, 6) is -1.91. The molecule has 2 aromatic heterocycles. The minimum absolute atomic E-state index is 0.0550. The molecule has 0 fully saturated rings. The molecule has 0 atom stereocenters. The fraction of sp³-hybridized carbons (Fsp3) is 0.0800. The maximum atomic E-state index is 13.8. The molecule has 0 saturated carbocycles. The average Bonchev–Trinajstić information content (AvgIpc) is 3.41. The van der Waals surface area contributed by atoms with E-state index in [2.05, 4.69) is 0 Å². The van der Waals surface area contributed by atoms with Gasteiger partial charge >= 0.3 is 6.18 Å². The van der Waals surface area contributed by atoms with Crippen LogP contribution in [0.1, 0.15) is 21.5 Å². The minimum atomic E-state index is -4.80. The van der Waals surface area contributed by atoms with Crippen molar-refractivity contribution in [2.75, 3.05) is 0 Å². The Labute approximate surface area is 189 Å². The third-order valence-corrected chi connectivity index (χ3v) is 6.56. The van der Waals surface area contributed by atoms with E-state index in [4.69, 9.17) is 5.73 Å². The third kappa shape index (κ3) is 3.66. The van der Waals surface area contributed by atoms with Gasteiger partial charge in [-0.3, -0.25) is 4.79 Å². The first-order valence-corrected chi connectivity index (χ1v) is 10.9. The monoisotopic (exact) mass is 468 g/mol. The van der Waals surface area contributed by atoms with Crippen LogP contribution in [0, 0.1) is 5.82 Å². The number of thiophene rings is 1. The third-order valence-electron chi connectivity index (χ3n) is 5.64. The molecule has 5 rings (SSSR count). The van der Waals surface area contributed by atoms with Crippen LogP contribution < -0.4 is 5.73 Å². The molecule has 2 heterocycles. The van der Waals surface area contributed by atoms with Crippen LogP contribution in [0.4, 0.5) is 17.6 Å². The van der Waals surface area contributed by atoms with Crippen LogP contribution in [-0.4, -0.2) is 10.5 Å². The van der Waals surface area contributed by atoms with Gasteiger partial charge < -0.3 is 10.3 Å². The number of halogens is 4. The van der Waals surface area contributed by atoms with E-state index >= 15 is 0 Å². The standard InChI is InChI=1S/C25H16F4N2OS/c26-19-9-6-14(11-18(19)25(27,28)29)13-31-20-4-1-3-17(24(30)32)23(20)16-8-7-15(12-21(16)31)22-5-2-10-33-22/h1-12H,13H2,(H2,30,32). The van der Waals surface area contributed by atoms with Gasteiger partial charge in [-0.25, -0.2) is 4.39 Å². The molecule has 0 aliphatic carbocycles. The average molecular weight is 468 g/mol. The fourth-order valence-electron chi connectivity index (χ4n) is 4.19. The first kappa shape index (κ1) is 21.2. The van der Waals surface area contributed by atoms with Gasteiger partial charge in [0.1, 0.15) is 5.82 Å². The minimum Gasteiger partial charge on any atom is -0.366 e. The van der Waals surface area contributed by atoms with Gasteiger partial charge in [-0.2, -0.15) is 13.2 Å². The number of fused-ring (bicyclic) bond motifs is 3. The van der Waals surface area contributed by atoms with Crippen LogP contribution in [-0.2, 0) is 12.7 Å². The van der Waals surface area contributed by atoms with E-state index in [1.54, 1.807) is 29.5 Å². The first-order valence-electron chi connectivity index (χ1n) is 9.98. The van der Waals surface area contributed by atoms with E-state index in [9.17, 15) is 22.4 Å². The molecule has 0 spiro atoms. The van der Waals surface area contributed by atoms with E-state index in [0.717, 1.165) is 33.5 Å². The number of hydrogen-bond acceptors (Lipinski definition) is 2. The second kappa shape index (κ2) is 7.74. The second-order valence-electron chi connectivity index (χ2n) is 7.67.